The lowest BCUT2D eigenvalue weighted by Gasteiger charge is -2.06. The van der Waals surface area contributed by atoms with Crippen LogP contribution in [0.5, 0.6) is 5.75 Å². The first-order valence-corrected chi connectivity index (χ1v) is 4.37. The second-order valence-electron chi connectivity index (χ2n) is 3.32. The fourth-order valence-corrected chi connectivity index (χ4v) is 1.64. The largest absolute Gasteiger partial charge is 0.506 e. The van der Waals surface area contributed by atoms with Crippen LogP contribution >= 0.6 is 0 Å². The molecule has 84 valence electrons. The molecule has 0 saturated heterocycles. The molecule has 0 spiro atoms. The molecule has 2 heterocycles. The van der Waals surface area contributed by atoms with Crippen LogP contribution in [-0.2, 0) is 4.74 Å². The highest BCUT2D eigenvalue weighted by Crippen LogP contribution is 2.35. The van der Waals surface area contributed by atoms with Crippen molar-refractivity contribution in [2.45, 2.75) is 13.0 Å². The SMILES string of the molecule is C[C@H]1OC(=O)c2[nH]c(=O)c(C(=O)O)c(O)c21. The van der Waals surface area contributed by atoms with Gasteiger partial charge in [-0.3, -0.25) is 4.79 Å². The van der Waals surface area contributed by atoms with E-state index in [9.17, 15) is 19.5 Å². The number of H-pyrrole nitrogens is 1. The van der Waals surface area contributed by atoms with E-state index in [2.05, 4.69) is 4.98 Å². The summed E-state index contributed by atoms with van der Waals surface area (Å²) in [6.45, 7) is 1.47. The van der Waals surface area contributed by atoms with E-state index in [1.807, 2.05) is 0 Å². The average molecular weight is 225 g/mol. The number of ether oxygens (including phenoxy) is 1. The number of aromatic carboxylic acids is 1. The number of carboxylic acid groups (broad SMARTS) is 1. The number of fused-ring (bicyclic) bond motifs is 1. The molecule has 1 atom stereocenters. The molecule has 0 amide bonds. The van der Waals surface area contributed by atoms with Crippen LogP contribution in [0.1, 0.15) is 39.4 Å². The van der Waals surface area contributed by atoms with Gasteiger partial charge in [-0.25, -0.2) is 9.59 Å². The van der Waals surface area contributed by atoms with E-state index < -0.39 is 34.9 Å². The van der Waals surface area contributed by atoms with Crippen molar-refractivity contribution in [3.63, 3.8) is 0 Å². The van der Waals surface area contributed by atoms with Gasteiger partial charge in [0.25, 0.3) is 5.56 Å². The van der Waals surface area contributed by atoms with Gasteiger partial charge in [0, 0.05) is 0 Å². The third kappa shape index (κ3) is 1.18. The number of aromatic hydroxyl groups is 1. The number of esters is 1. The minimum atomic E-state index is -1.56. The van der Waals surface area contributed by atoms with Crippen molar-refractivity contribution in [2.75, 3.05) is 0 Å². The monoisotopic (exact) mass is 225 g/mol. The number of rotatable bonds is 1. The molecule has 0 aliphatic carbocycles. The number of nitrogens with one attached hydrogen (secondary N) is 1. The zero-order valence-electron chi connectivity index (χ0n) is 8.10. The smallest absolute Gasteiger partial charge is 0.356 e. The van der Waals surface area contributed by atoms with Crippen LogP contribution in [0.25, 0.3) is 0 Å². The van der Waals surface area contributed by atoms with Crippen LogP contribution in [0.3, 0.4) is 0 Å². The fourth-order valence-electron chi connectivity index (χ4n) is 1.64. The second kappa shape index (κ2) is 3.09. The maximum Gasteiger partial charge on any atom is 0.356 e. The molecule has 0 bridgehead atoms. The Balaban J connectivity index is 2.83. The molecule has 0 aromatic carbocycles. The van der Waals surface area contributed by atoms with Crippen molar-refractivity contribution in [2.24, 2.45) is 0 Å². The summed E-state index contributed by atoms with van der Waals surface area (Å²) < 4.78 is 4.74. The molecule has 1 aromatic rings. The van der Waals surface area contributed by atoms with Gasteiger partial charge < -0.3 is 19.9 Å². The molecule has 16 heavy (non-hydrogen) atoms. The van der Waals surface area contributed by atoms with Crippen LogP contribution in [0.4, 0.5) is 0 Å². The zero-order chi connectivity index (χ0) is 12.0. The number of hydrogen-bond donors (Lipinski definition) is 3. The Morgan fingerprint density at radius 2 is 2.06 bits per heavy atom. The molecule has 3 N–H and O–H groups in total. The van der Waals surface area contributed by atoms with E-state index in [-0.39, 0.29) is 11.3 Å². The zero-order valence-corrected chi connectivity index (χ0v) is 8.10. The first-order chi connectivity index (χ1) is 7.43. The number of carbonyl (C=O) groups is 2. The van der Waals surface area contributed by atoms with Gasteiger partial charge in [0.05, 0.1) is 5.56 Å². The highest BCUT2D eigenvalue weighted by molar-refractivity contribution is 5.97. The second-order valence-corrected chi connectivity index (χ2v) is 3.32. The number of aromatic amines is 1. The summed E-state index contributed by atoms with van der Waals surface area (Å²) in [6.07, 6.45) is -0.780. The van der Waals surface area contributed by atoms with Crippen molar-refractivity contribution >= 4 is 11.9 Å². The molecular weight excluding hydrogens is 218 g/mol. The molecule has 7 nitrogen and oxygen atoms in total. The van der Waals surface area contributed by atoms with Crippen molar-refractivity contribution in [3.05, 3.63) is 27.2 Å². The van der Waals surface area contributed by atoms with Crippen molar-refractivity contribution < 1.29 is 24.5 Å². The van der Waals surface area contributed by atoms with Gasteiger partial charge in [-0.2, -0.15) is 0 Å². The number of pyridine rings is 1. The summed E-state index contributed by atoms with van der Waals surface area (Å²) in [5, 5.41) is 18.3. The predicted octanol–water partition coefficient (Wildman–Crippen LogP) is 0.0101. The molecule has 7 heteroatoms. The van der Waals surface area contributed by atoms with Gasteiger partial charge in [-0.15, -0.1) is 0 Å². The van der Waals surface area contributed by atoms with Crippen LogP contribution in [0, 0.1) is 0 Å². The number of cyclic esters (lactones) is 1. The third-order valence-electron chi connectivity index (χ3n) is 2.34. The normalized spacial score (nSPS) is 18.1. The third-order valence-corrected chi connectivity index (χ3v) is 2.34. The van der Waals surface area contributed by atoms with Crippen molar-refractivity contribution in [3.8, 4) is 5.75 Å². The molecule has 2 rings (SSSR count). The van der Waals surface area contributed by atoms with Gasteiger partial charge in [-0.05, 0) is 6.92 Å². The minimum Gasteiger partial charge on any atom is -0.506 e. The summed E-state index contributed by atoms with van der Waals surface area (Å²) in [6, 6.07) is 0. The number of carbonyl (C=O) groups excluding carboxylic acids is 1. The Morgan fingerprint density at radius 3 is 2.62 bits per heavy atom. The van der Waals surface area contributed by atoms with Gasteiger partial charge in [0.2, 0.25) is 0 Å². The van der Waals surface area contributed by atoms with Crippen LogP contribution in [0.2, 0.25) is 0 Å². The van der Waals surface area contributed by atoms with Gasteiger partial charge in [0.15, 0.2) is 5.56 Å². The summed E-state index contributed by atoms with van der Waals surface area (Å²) >= 11 is 0. The summed E-state index contributed by atoms with van der Waals surface area (Å²) in [7, 11) is 0. The molecule has 0 radical (unpaired) electrons. The Morgan fingerprint density at radius 1 is 1.44 bits per heavy atom. The van der Waals surface area contributed by atoms with Crippen LogP contribution in [0.15, 0.2) is 4.79 Å². The Bertz CT molecular complexity index is 558. The molecule has 0 saturated carbocycles. The lowest BCUT2D eigenvalue weighted by atomic mass is 10.1. The van der Waals surface area contributed by atoms with Crippen LogP contribution < -0.4 is 5.56 Å². The summed E-state index contributed by atoms with van der Waals surface area (Å²) in [5.41, 5.74) is -2.01. The number of carboxylic acids is 1. The van der Waals surface area contributed by atoms with Gasteiger partial charge in [-0.1, -0.05) is 0 Å². The topological polar surface area (TPSA) is 117 Å². The van der Waals surface area contributed by atoms with E-state index >= 15 is 0 Å². The van der Waals surface area contributed by atoms with E-state index in [0.29, 0.717) is 0 Å². The molecule has 1 aliphatic heterocycles. The fraction of sp³-hybridized carbons (Fsp3) is 0.222. The predicted molar refractivity (Wildman–Crippen MR) is 49.5 cm³/mol. The van der Waals surface area contributed by atoms with Crippen LogP contribution in [-0.4, -0.2) is 27.1 Å². The van der Waals surface area contributed by atoms with E-state index in [0.717, 1.165) is 0 Å². The average Bonchev–Trinajstić information content (AvgIpc) is 2.41. The Hall–Kier alpha value is -2.31. The Kier molecular flexibility index (Phi) is 1.97. The van der Waals surface area contributed by atoms with Crippen molar-refractivity contribution in [1.29, 1.82) is 0 Å². The van der Waals surface area contributed by atoms with E-state index in [4.69, 9.17) is 9.84 Å². The summed E-state index contributed by atoms with van der Waals surface area (Å²) in [5.74, 6) is -3.07. The molecule has 0 unspecified atom stereocenters. The van der Waals surface area contributed by atoms with Crippen molar-refractivity contribution in [1.82, 2.24) is 4.98 Å². The molecule has 1 aliphatic rings. The highest BCUT2D eigenvalue weighted by atomic mass is 16.5. The van der Waals surface area contributed by atoms with E-state index in [1.54, 1.807) is 0 Å². The maximum absolute atomic E-state index is 11.3. The first-order valence-electron chi connectivity index (χ1n) is 4.37. The van der Waals surface area contributed by atoms with Gasteiger partial charge in [0.1, 0.15) is 17.5 Å². The molecule has 0 fully saturated rings. The standard InChI is InChI=1S/C9H7NO6/c1-2-3-5(9(15)16-2)10-7(12)4(6(3)11)8(13)14/h2H,1H3,(H,13,14)(H2,10,11,12)/t2-/m1/s1. The maximum atomic E-state index is 11.3. The number of aromatic nitrogens is 1. The first kappa shape index (κ1) is 10.2. The van der Waals surface area contributed by atoms with Gasteiger partial charge >= 0.3 is 11.9 Å². The quantitative estimate of drug-likeness (QED) is 0.579. The highest BCUT2D eigenvalue weighted by Gasteiger charge is 2.35. The lowest BCUT2D eigenvalue weighted by molar-refractivity contribution is 0.0416. The minimum absolute atomic E-state index is 0.00185. The molecule has 1 aromatic heterocycles. The lowest BCUT2D eigenvalue weighted by Crippen LogP contribution is -2.20. The Labute approximate surface area is 88.3 Å². The number of hydrogen-bond acceptors (Lipinski definition) is 5. The van der Waals surface area contributed by atoms with E-state index in [1.165, 1.54) is 6.92 Å². The summed E-state index contributed by atoms with van der Waals surface area (Å²) in [4.78, 5) is 35.3. The molecular formula is C9H7NO6.